The number of amides is 1. The van der Waals surface area contributed by atoms with E-state index in [2.05, 4.69) is 91.8 Å². The number of aryl methyl sites for hydroxylation is 2. The van der Waals surface area contributed by atoms with E-state index in [0.717, 1.165) is 32.9 Å². The Balaban J connectivity index is 1.09. The Hall–Kier alpha value is -3.97. The van der Waals surface area contributed by atoms with Crippen LogP contribution in [0.1, 0.15) is 95.8 Å². The average molecular weight is 593 g/mol. The van der Waals surface area contributed by atoms with Gasteiger partial charge >= 0.3 is 0 Å². The second-order valence-corrected chi connectivity index (χ2v) is 14.1. The van der Waals surface area contributed by atoms with Gasteiger partial charge in [0.2, 0.25) is 0 Å². The molecule has 1 aliphatic carbocycles. The zero-order chi connectivity index (χ0) is 30.4. The minimum absolute atomic E-state index is 0.153. The quantitative estimate of drug-likeness (QED) is 0.189. The van der Waals surface area contributed by atoms with E-state index in [1.165, 1.54) is 40.7 Å². The second kappa shape index (κ2) is 11.3. The standard InChI is InChI=1S/C36H40N4O2S/c1-22-14-28-29(36(5,6)13-12-35(28,3)4)17-26(22)16-27-10-11-30(42-27)33(41)38-19-25-9-7-8-24(15-25)18-37-32-31-23(2)20-43-34(31)40-21-39-32/h7-11,14-15,17,20-21H,12-13,16,18-19H2,1-6H3,(H,38,41)(H,37,39,40). The van der Waals surface area contributed by atoms with Gasteiger partial charge < -0.3 is 15.1 Å². The lowest BCUT2D eigenvalue weighted by molar-refractivity contribution is 0.0921. The molecular formula is C36H40N4O2S. The second-order valence-electron chi connectivity index (χ2n) is 13.2. The van der Waals surface area contributed by atoms with Crippen LogP contribution in [0.5, 0.6) is 0 Å². The molecule has 0 bridgehead atoms. The highest BCUT2D eigenvalue weighted by Crippen LogP contribution is 2.46. The van der Waals surface area contributed by atoms with Crippen LogP contribution in [0.2, 0.25) is 0 Å². The molecule has 0 unspecified atom stereocenters. The molecular weight excluding hydrogens is 552 g/mol. The normalized spacial score (nSPS) is 15.3. The molecule has 1 amide bonds. The molecule has 1 aliphatic rings. The van der Waals surface area contributed by atoms with Crippen LogP contribution in [0.3, 0.4) is 0 Å². The number of benzene rings is 2. The van der Waals surface area contributed by atoms with E-state index in [-0.39, 0.29) is 16.7 Å². The summed E-state index contributed by atoms with van der Waals surface area (Å²) in [7, 11) is 0. The Labute approximate surface area is 258 Å². The first kappa shape index (κ1) is 29.1. The molecule has 7 heteroatoms. The number of thiophene rings is 1. The van der Waals surface area contributed by atoms with Crippen molar-refractivity contribution in [3.63, 3.8) is 0 Å². The number of nitrogens with one attached hydrogen (secondary N) is 2. The van der Waals surface area contributed by atoms with Crippen molar-refractivity contribution in [3.05, 3.63) is 111 Å². The molecule has 43 heavy (non-hydrogen) atoms. The number of nitrogens with zero attached hydrogens (tertiary/aromatic N) is 2. The van der Waals surface area contributed by atoms with E-state index in [9.17, 15) is 4.79 Å². The number of aromatic nitrogens is 2. The molecule has 0 atom stereocenters. The van der Waals surface area contributed by atoms with Crippen LogP contribution in [0.25, 0.3) is 10.2 Å². The summed E-state index contributed by atoms with van der Waals surface area (Å²) in [5, 5.41) is 9.65. The Bertz CT molecular complexity index is 1810. The Morgan fingerprint density at radius 2 is 1.63 bits per heavy atom. The molecule has 0 saturated carbocycles. The summed E-state index contributed by atoms with van der Waals surface area (Å²) in [5.74, 6) is 1.77. The molecule has 5 aromatic rings. The van der Waals surface area contributed by atoms with Gasteiger partial charge in [0.1, 0.15) is 22.7 Å². The first-order valence-corrected chi connectivity index (χ1v) is 15.9. The van der Waals surface area contributed by atoms with Gasteiger partial charge in [-0.1, -0.05) is 64.1 Å². The molecule has 3 heterocycles. The molecule has 222 valence electrons. The minimum Gasteiger partial charge on any atom is -0.456 e. The largest absolute Gasteiger partial charge is 0.456 e. The van der Waals surface area contributed by atoms with Crippen molar-refractivity contribution in [1.29, 1.82) is 0 Å². The predicted molar refractivity (Wildman–Crippen MR) is 175 cm³/mol. The zero-order valence-corrected chi connectivity index (χ0v) is 26.7. The van der Waals surface area contributed by atoms with Crippen LogP contribution in [0.4, 0.5) is 5.82 Å². The van der Waals surface area contributed by atoms with Crippen molar-refractivity contribution in [2.24, 2.45) is 0 Å². The summed E-state index contributed by atoms with van der Waals surface area (Å²) in [6.45, 7) is 14.7. The summed E-state index contributed by atoms with van der Waals surface area (Å²) in [6.07, 6.45) is 4.65. The molecule has 2 aromatic carbocycles. The van der Waals surface area contributed by atoms with Crippen molar-refractivity contribution in [1.82, 2.24) is 15.3 Å². The van der Waals surface area contributed by atoms with Crippen molar-refractivity contribution < 1.29 is 9.21 Å². The van der Waals surface area contributed by atoms with Gasteiger partial charge in [0.05, 0.1) is 5.39 Å². The van der Waals surface area contributed by atoms with E-state index >= 15 is 0 Å². The van der Waals surface area contributed by atoms with E-state index in [1.807, 2.05) is 18.2 Å². The monoisotopic (exact) mass is 592 g/mol. The number of fused-ring (bicyclic) bond motifs is 2. The lowest BCUT2D eigenvalue weighted by atomic mass is 9.62. The van der Waals surface area contributed by atoms with Crippen LogP contribution in [0, 0.1) is 13.8 Å². The van der Waals surface area contributed by atoms with Crippen molar-refractivity contribution in [2.45, 2.75) is 84.7 Å². The smallest absolute Gasteiger partial charge is 0.287 e. The Morgan fingerprint density at radius 1 is 0.907 bits per heavy atom. The summed E-state index contributed by atoms with van der Waals surface area (Å²) < 4.78 is 6.05. The number of carbonyl (C=O) groups excluding carboxylic acids is 1. The van der Waals surface area contributed by atoms with Crippen LogP contribution in [-0.2, 0) is 30.3 Å². The topological polar surface area (TPSA) is 80.0 Å². The Morgan fingerprint density at radius 3 is 2.40 bits per heavy atom. The molecule has 0 radical (unpaired) electrons. The summed E-state index contributed by atoms with van der Waals surface area (Å²) >= 11 is 1.63. The number of carbonyl (C=O) groups is 1. The number of anilines is 1. The first-order valence-electron chi connectivity index (χ1n) is 15.0. The van der Waals surface area contributed by atoms with E-state index < -0.39 is 0 Å². The van der Waals surface area contributed by atoms with Crippen LogP contribution < -0.4 is 10.6 Å². The maximum atomic E-state index is 13.0. The summed E-state index contributed by atoms with van der Waals surface area (Å²) in [5.41, 5.74) is 9.09. The minimum atomic E-state index is -0.212. The van der Waals surface area contributed by atoms with Gasteiger partial charge in [0.25, 0.3) is 5.91 Å². The fraction of sp³-hybridized carbons (Fsp3) is 0.361. The van der Waals surface area contributed by atoms with Gasteiger partial charge in [-0.25, -0.2) is 9.97 Å². The van der Waals surface area contributed by atoms with E-state index in [4.69, 9.17) is 4.42 Å². The molecule has 2 N–H and O–H groups in total. The fourth-order valence-electron chi connectivity index (χ4n) is 6.20. The van der Waals surface area contributed by atoms with Crippen molar-refractivity contribution in [2.75, 3.05) is 5.32 Å². The van der Waals surface area contributed by atoms with Gasteiger partial charge in [0, 0.05) is 19.5 Å². The van der Waals surface area contributed by atoms with Gasteiger partial charge in [-0.3, -0.25) is 4.79 Å². The highest BCUT2D eigenvalue weighted by molar-refractivity contribution is 7.17. The molecule has 0 saturated heterocycles. The van der Waals surface area contributed by atoms with E-state index in [0.29, 0.717) is 25.3 Å². The van der Waals surface area contributed by atoms with Crippen LogP contribution in [0.15, 0.2) is 64.7 Å². The first-order chi connectivity index (χ1) is 20.5. The zero-order valence-electron chi connectivity index (χ0n) is 25.9. The molecule has 0 aliphatic heterocycles. The number of rotatable bonds is 8. The fourth-order valence-corrected chi connectivity index (χ4v) is 7.09. The maximum absolute atomic E-state index is 13.0. The molecule has 6 nitrogen and oxygen atoms in total. The van der Waals surface area contributed by atoms with Crippen LogP contribution >= 0.6 is 11.3 Å². The number of hydrogen-bond acceptors (Lipinski definition) is 6. The highest BCUT2D eigenvalue weighted by atomic mass is 32.1. The third-order valence-electron chi connectivity index (χ3n) is 9.02. The molecule has 3 aromatic heterocycles. The lowest BCUT2D eigenvalue weighted by Gasteiger charge is -2.42. The predicted octanol–water partition coefficient (Wildman–Crippen LogP) is 8.38. The SMILES string of the molecule is Cc1cc2c(cc1Cc1ccc(C(=O)NCc3cccc(CNc4ncnc5scc(C)c45)c3)o1)C(C)(C)CCC2(C)C. The van der Waals surface area contributed by atoms with Gasteiger partial charge in [-0.05, 0) is 94.0 Å². The van der Waals surface area contributed by atoms with Gasteiger partial charge in [-0.15, -0.1) is 11.3 Å². The summed E-state index contributed by atoms with van der Waals surface area (Å²) in [4.78, 5) is 22.8. The van der Waals surface area contributed by atoms with Crippen molar-refractivity contribution in [3.8, 4) is 0 Å². The average Bonchev–Trinajstić information content (AvgIpc) is 3.61. The lowest BCUT2D eigenvalue weighted by Crippen LogP contribution is -2.34. The highest BCUT2D eigenvalue weighted by Gasteiger charge is 2.37. The van der Waals surface area contributed by atoms with Crippen LogP contribution in [-0.4, -0.2) is 15.9 Å². The third-order valence-corrected chi connectivity index (χ3v) is 10.0. The molecule has 6 rings (SSSR count). The summed E-state index contributed by atoms with van der Waals surface area (Å²) in [6, 6.07) is 16.7. The van der Waals surface area contributed by atoms with Gasteiger partial charge in [0.15, 0.2) is 5.76 Å². The third kappa shape index (κ3) is 5.96. The molecule has 0 spiro atoms. The van der Waals surface area contributed by atoms with E-state index in [1.54, 1.807) is 23.7 Å². The number of hydrogen-bond donors (Lipinski definition) is 2. The van der Waals surface area contributed by atoms with Crippen molar-refractivity contribution >= 4 is 33.3 Å². The number of furan rings is 1. The molecule has 0 fully saturated rings. The Kier molecular flexibility index (Phi) is 7.63. The maximum Gasteiger partial charge on any atom is 0.287 e. The van der Waals surface area contributed by atoms with Gasteiger partial charge in [-0.2, -0.15) is 0 Å².